The van der Waals surface area contributed by atoms with Crippen LogP contribution in [0, 0.1) is 5.92 Å². The molecule has 96 valence electrons. The quantitative estimate of drug-likeness (QED) is 0.758. The van der Waals surface area contributed by atoms with Crippen LogP contribution in [0.15, 0.2) is 17.3 Å². The van der Waals surface area contributed by atoms with E-state index in [9.17, 15) is 13.2 Å². The van der Waals surface area contributed by atoms with Crippen molar-refractivity contribution in [2.45, 2.75) is 18.9 Å². The summed E-state index contributed by atoms with van der Waals surface area (Å²) in [5, 5.41) is 14.5. The second-order valence-electron chi connectivity index (χ2n) is 4.01. The van der Waals surface area contributed by atoms with Crippen LogP contribution >= 0.6 is 0 Å². The molecule has 0 aliphatic carbocycles. The summed E-state index contributed by atoms with van der Waals surface area (Å²) in [6, 6.07) is 1.30. The van der Waals surface area contributed by atoms with Crippen LogP contribution in [0.25, 0.3) is 0 Å². The summed E-state index contributed by atoms with van der Waals surface area (Å²) in [4.78, 5) is 10.7. The SMILES string of the molecule is CC(C)CN(CC(=O)O)S(=O)(=O)c1ccn[nH]1. The molecule has 0 saturated heterocycles. The van der Waals surface area contributed by atoms with Crippen LogP contribution < -0.4 is 0 Å². The largest absolute Gasteiger partial charge is 0.480 e. The van der Waals surface area contributed by atoms with Crippen LogP contribution in [0.2, 0.25) is 0 Å². The summed E-state index contributed by atoms with van der Waals surface area (Å²) in [6.45, 7) is 3.22. The van der Waals surface area contributed by atoms with Gasteiger partial charge in [0.15, 0.2) is 5.03 Å². The Hall–Kier alpha value is -1.41. The molecule has 0 fully saturated rings. The van der Waals surface area contributed by atoms with Gasteiger partial charge in [-0.1, -0.05) is 13.8 Å². The van der Waals surface area contributed by atoms with Gasteiger partial charge in [0.1, 0.15) is 6.54 Å². The van der Waals surface area contributed by atoms with Crippen LogP contribution in [0.1, 0.15) is 13.8 Å². The molecular formula is C9H15N3O4S. The normalized spacial score (nSPS) is 12.2. The summed E-state index contributed by atoms with van der Waals surface area (Å²) in [6.07, 6.45) is 1.31. The van der Waals surface area contributed by atoms with E-state index in [-0.39, 0.29) is 17.5 Å². The molecule has 0 bridgehead atoms. The lowest BCUT2D eigenvalue weighted by Crippen LogP contribution is -2.38. The minimum absolute atomic E-state index is 0.0343. The molecule has 1 aromatic heterocycles. The predicted octanol–water partition coefficient (Wildman–Crippen LogP) is 0.141. The van der Waals surface area contributed by atoms with Crippen molar-refractivity contribution in [1.82, 2.24) is 14.5 Å². The third-order valence-corrected chi connectivity index (χ3v) is 3.71. The highest BCUT2D eigenvalue weighted by Gasteiger charge is 2.28. The molecule has 1 heterocycles. The Morgan fingerprint density at radius 2 is 2.24 bits per heavy atom. The molecule has 0 saturated carbocycles. The van der Waals surface area contributed by atoms with E-state index in [1.54, 1.807) is 0 Å². The first kappa shape index (κ1) is 13.7. The summed E-state index contributed by atoms with van der Waals surface area (Å²) >= 11 is 0. The second kappa shape index (κ2) is 5.28. The second-order valence-corrected chi connectivity index (χ2v) is 5.91. The van der Waals surface area contributed by atoms with E-state index in [4.69, 9.17) is 5.11 Å². The Labute approximate surface area is 99.5 Å². The number of rotatable bonds is 6. The monoisotopic (exact) mass is 261 g/mol. The molecular weight excluding hydrogens is 246 g/mol. The topological polar surface area (TPSA) is 103 Å². The molecule has 0 amide bonds. The van der Waals surface area contributed by atoms with E-state index in [1.807, 2.05) is 13.8 Å². The number of H-pyrrole nitrogens is 1. The van der Waals surface area contributed by atoms with Crippen molar-refractivity contribution in [3.05, 3.63) is 12.3 Å². The number of aliphatic carboxylic acids is 1. The van der Waals surface area contributed by atoms with Gasteiger partial charge in [-0.3, -0.25) is 9.89 Å². The summed E-state index contributed by atoms with van der Waals surface area (Å²) in [7, 11) is -3.81. The van der Waals surface area contributed by atoms with Crippen molar-refractivity contribution in [2.24, 2.45) is 5.92 Å². The van der Waals surface area contributed by atoms with Gasteiger partial charge < -0.3 is 5.11 Å². The fraction of sp³-hybridized carbons (Fsp3) is 0.556. The maximum atomic E-state index is 12.1. The lowest BCUT2D eigenvalue weighted by Gasteiger charge is -2.21. The van der Waals surface area contributed by atoms with Crippen LogP contribution in [0.5, 0.6) is 0 Å². The third-order valence-electron chi connectivity index (χ3n) is 1.97. The van der Waals surface area contributed by atoms with Crippen molar-refractivity contribution >= 4 is 16.0 Å². The van der Waals surface area contributed by atoms with E-state index in [0.717, 1.165) is 4.31 Å². The number of carboxylic acids is 1. The van der Waals surface area contributed by atoms with Crippen molar-refractivity contribution < 1.29 is 18.3 Å². The third kappa shape index (κ3) is 3.53. The highest BCUT2D eigenvalue weighted by molar-refractivity contribution is 7.89. The number of nitrogens with one attached hydrogen (secondary N) is 1. The maximum absolute atomic E-state index is 12.1. The van der Waals surface area contributed by atoms with Gasteiger partial charge in [0, 0.05) is 6.54 Å². The maximum Gasteiger partial charge on any atom is 0.318 e. The molecule has 8 heteroatoms. The Balaban J connectivity index is 3.00. The molecule has 0 spiro atoms. The van der Waals surface area contributed by atoms with Gasteiger partial charge in [0.2, 0.25) is 0 Å². The molecule has 17 heavy (non-hydrogen) atoms. The molecule has 0 unspecified atom stereocenters. The predicted molar refractivity (Wildman–Crippen MR) is 59.8 cm³/mol. The van der Waals surface area contributed by atoms with Crippen LogP contribution in [0.4, 0.5) is 0 Å². The van der Waals surface area contributed by atoms with Crippen LogP contribution in [-0.2, 0) is 14.8 Å². The molecule has 7 nitrogen and oxygen atoms in total. The minimum Gasteiger partial charge on any atom is -0.480 e. The lowest BCUT2D eigenvalue weighted by atomic mass is 10.2. The molecule has 0 aliphatic heterocycles. The van der Waals surface area contributed by atoms with Crippen molar-refractivity contribution in [3.8, 4) is 0 Å². The van der Waals surface area contributed by atoms with Gasteiger partial charge in [0.25, 0.3) is 10.0 Å². The number of hydrogen-bond acceptors (Lipinski definition) is 4. The summed E-state index contributed by atoms with van der Waals surface area (Å²) in [5.74, 6) is -1.15. The fourth-order valence-corrected chi connectivity index (χ4v) is 2.79. The van der Waals surface area contributed by atoms with Gasteiger partial charge in [-0.15, -0.1) is 0 Å². The van der Waals surface area contributed by atoms with Gasteiger partial charge in [-0.05, 0) is 12.0 Å². The molecule has 1 aromatic rings. The van der Waals surface area contributed by atoms with E-state index in [0.29, 0.717) is 0 Å². The van der Waals surface area contributed by atoms with Crippen LogP contribution in [-0.4, -0.2) is 47.1 Å². The molecule has 1 rings (SSSR count). The minimum atomic E-state index is -3.81. The number of sulfonamides is 1. The van der Waals surface area contributed by atoms with Crippen molar-refractivity contribution in [1.29, 1.82) is 0 Å². The first-order chi connectivity index (χ1) is 7.84. The van der Waals surface area contributed by atoms with Gasteiger partial charge >= 0.3 is 5.97 Å². The number of nitrogens with zero attached hydrogens (tertiary/aromatic N) is 2. The number of aromatic amines is 1. The average molecular weight is 261 g/mol. The van der Waals surface area contributed by atoms with Gasteiger partial charge in [-0.2, -0.15) is 9.40 Å². The van der Waals surface area contributed by atoms with E-state index < -0.39 is 22.5 Å². The van der Waals surface area contributed by atoms with E-state index >= 15 is 0 Å². The zero-order valence-corrected chi connectivity index (χ0v) is 10.4. The van der Waals surface area contributed by atoms with Crippen molar-refractivity contribution in [2.75, 3.05) is 13.1 Å². The smallest absolute Gasteiger partial charge is 0.318 e. The summed E-state index contributed by atoms with van der Waals surface area (Å²) < 4.78 is 25.0. The Bertz CT molecular complexity index is 466. The molecule has 0 atom stereocenters. The zero-order valence-electron chi connectivity index (χ0n) is 9.62. The highest BCUT2D eigenvalue weighted by Crippen LogP contribution is 2.13. The zero-order chi connectivity index (χ0) is 13.1. The Morgan fingerprint density at radius 3 is 2.65 bits per heavy atom. The Morgan fingerprint density at radius 1 is 1.59 bits per heavy atom. The average Bonchev–Trinajstić information content (AvgIpc) is 2.68. The van der Waals surface area contributed by atoms with Gasteiger partial charge in [0.05, 0.1) is 6.20 Å². The highest BCUT2D eigenvalue weighted by atomic mass is 32.2. The summed E-state index contributed by atoms with van der Waals surface area (Å²) in [5.41, 5.74) is 0. The first-order valence-corrected chi connectivity index (χ1v) is 6.49. The Kier molecular flexibility index (Phi) is 4.24. The van der Waals surface area contributed by atoms with E-state index in [1.165, 1.54) is 12.3 Å². The number of aromatic nitrogens is 2. The van der Waals surface area contributed by atoms with E-state index in [2.05, 4.69) is 10.2 Å². The molecule has 0 aromatic carbocycles. The fourth-order valence-electron chi connectivity index (χ4n) is 1.33. The van der Waals surface area contributed by atoms with Crippen molar-refractivity contribution in [3.63, 3.8) is 0 Å². The molecule has 0 radical (unpaired) electrons. The molecule has 0 aliphatic rings. The standard InChI is InChI=1S/C9H15N3O4S/c1-7(2)5-12(6-9(13)14)17(15,16)8-3-4-10-11-8/h3-4,7H,5-6H2,1-2H3,(H,10,11)(H,13,14). The van der Waals surface area contributed by atoms with Gasteiger partial charge in [-0.25, -0.2) is 8.42 Å². The number of hydrogen-bond donors (Lipinski definition) is 2. The lowest BCUT2D eigenvalue weighted by molar-refractivity contribution is -0.137. The molecule has 2 N–H and O–H groups in total. The first-order valence-electron chi connectivity index (χ1n) is 5.05. The number of carbonyl (C=O) groups is 1. The number of carboxylic acid groups (broad SMARTS) is 1. The van der Waals surface area contributed by atoms with Crippen LogP contribution in [0.3, 0.4) is 0 Å².